The number of benzene rings is 1. The third-order valence-electron chi connectivity index (χ3n) is 3.68. The summed E-state index contributed by atoms with van der Waals surface area (Å²) >= 11 is 0. The number of likely N-dealkylation sites (tertiary alicyclic amines) is 1. The van der Waals surface area contributed by atoms with Gasteiger partial charge in [0.15, 0.2) is 0 Å². The molecule has 0 radical (unpaired) electrons. The third-order valence-corrected chi connectivity index (χ3v) is 3.68. The molecule has 0 saturated carbocycles. The number of alkyl halides is 3. The van der Waals surface area contributed by atoms with Crippen molar-refractivity contribution in [2.24, 2.45) is 5.92 Å². The van der Waals surface area contributed by atoms with Gasteiger partial charge < -0.3 is 10.1 Å². The molecule has 0 aromatic heterocycles. The van der Waals surface area contributed by atoms with E-state index in [9.17, 15) is 18.0 Å². The Bertz CT molecular complexity index is 503. The highest BCUT2D eigenvalue weighted by atomic mass is 19.4. The molecule has 1 aromatic rings. The molecule has 0 bridgehead atoms. The maximum absolute atomic E-state index is 12.3. The average molecular weight is 316 g/mol. The van der Waals surface area contributed by atoms with Gasteiger partial charge in [-0.25, -0.2) is 0 Å². The fourth-order valence-electron chi connectivity index (χ4n) is 2.56. The lowest BCUT2D eigenvalue weighted by Crippen LogP contribution is -2.34. The molecule has 1 N–H and O–H groups in total. The van der Waals surface area contributed by atoms with Gasteiger partial charge in [-0.05, 0) is 43.1 Å². The summed E-state index contributed by atoms with van der Waals surface area (Å²) in [6.45, 7) is 0.292. The molecule has 2 rings (SSSR count). The lowest BCUT2D eigenvalue weighted by atomic mass is 10.1. The zero-order chi connectivity index (χ0) is 16.2. The molecular weight excluding hydrogens is 297 g/mol. The van der Waals surface area contributed by atoms with Gasteiger partial charge >= 0.3 is 6.18 Å². The van der Waals surface area contributed by atoms with E-state index in [2.05, 4.69) is 5.32 Å². The number of hydrogen-bond donors (Lipinski definition) is 1. The van der Waals surface area contributed by atoms with Crippen LogP contribution in [0.5, 0.6) is 5.75 Å². The number of amides is 1. The topological polar surface area (TPSA) is 41.6 Å². The molecule has 1 fully saturated rings. The van der Waals surface area contributed by atoms with Crippen LogP contribution < -0.4 is 10.1 Å². The van der Waals surface area contributed by atoms with Crippen molar-refractivity contribution in [3.63, 3.8) is 0 Å². The first-order chi connectivity index (χ1) is 10.4. The normalized spacial score (nSPS) is 19.2. The minimum absolute atomic E-state index is 0.0598. The highest BCUT2D eigenvalue weighted by Crippen LogP contribution is 2.22. The standard InChI is InChI=1S/C15H19F3N2O2/c1-22-13-4-2-12(3-5-13)14(21)19-8-11-6-7-20(9-11)10-15(16,17)18/h2-5,11H,6-10H2,1H3,(H,19,21). The van der Waals surface area contributed by atoms with Crippen LogP contribution >= 0.6 is 0 Å². The summed E-state index contributed by atoms with van der Waals surface area (Å²) in [4.78, 5) is 13.3. The molecule has 0 spiro atoms. The van der Waals surface area contributed by atoms with Crippen LogP contribution in [0.2, 0.25) is 0 Å². The summed E-state index contributed by atoms with van der Waals surface area (Å²) in [6.07, 6.45) is -3.50. The monoisotopic (exact) mass is 316 g/mol. The molecule has 1 atom stereocenters. The predicted molar refractivity (Wildman–Crippen MR) is 75.9 cm³/mol. The molecule has 4 nitrogen and oxygen atoms in total. The van der Waals surface area contributed by atoms with Crippen molar-refractivity contribution in [2.45, 2.75) is 12.6 Å². The Morgan fingerprint density at radius 1 is 1.36 bits per heavy atom. The van der Waals surface area contributed by atoms with Gasteiger partial charge in [-0.2, -0.15) is 13.2 Å². The van der Waals surface area contributed by atoms with Gasteiger partial charge in [0, 0.05) is 18.7 Å². The molecule has 1 heterocycles. The Labute approximate surface area is 127 Å². The van der Waals surface area contributed by atoms with E-state index in [1.165, 1.54) is 4.90 Å². The Hall–Kier alpha value is -1.76. The Morgan fingerprint density at radius 3 is 2.64 bits per heavy atom. The molecule has 1 unspecified atom stereocenters. The van der Waals surface area contributed by atoms with Crippen LogP contribution in [-0.4, -0.2) is 50.3 Å². The number of hydrogen-bond acceptors (Lipinski definition) is 3. The molecule has 1 amide bonds. The van der Waals surface area contributed by atoms with Gasteiger partial charge in [0.2, 0.25) is 0 Å². The molecule has 1 saturated heterocycles. The van der Waals surface area contributed by atoms with Gasteiger partial charge in [-0.15, -0.1) is 0 Å². The Morgan fingerprint density at radius 2 is 2.05 bits per heavy atom. The number of carbonyl (C=O) groups excluding carboxylic acids is 1. The molecule has 22 heavy (non-hydrogen) atoms. The van der Waals surface area contributed by atoms with Crippen LogP contribution in [0, 0.1) is 5.92 Å². The van der Waals surface area contributed by atoms with Crippen molar-refractivity contribution in [3.05, 3.63) is 29.8 Å². The average Bonchev–Trinajstić information content (AvgIpc) is 2.90. The van der Waals surface area contributed by atoms with Crippen molar-refractivity contribution in [1.29, 1.82) is 0 Å². The first-order valence-electron chi connectivity index (χ1n) is 7.09. The molecule has 1 aliphatic heterocycles. The predicted octanol–water partition coefficient (Wildman–Crippen LogP) is 2.31. The van der Waals surface area contributed by atoms with Crippen LogP contribution in [0.25, 0.3) is 0 Å². The molecule has 0 aliphatic carbocycles. The second kappa shape index (κ2) is 7.00. The first-order valence-corrected chi connectivity index (χ1v) is 7.09. The van der Waals surface area contributed by atoms with Gasteiger partial charge in [0.25, 0.3) is 5.91 Å². The lowest BCUT2D eigenvalue weighted by Gasteiger charge is -2.18. The smallest absolute Gasteiger partial charge is 0.401 e. The minimum atomic E-state index is -4.17. The summed E-state index contributed by atoms with van der Waals surface area (Å²) in [5.74, 6) is 0.497. The fourth-order valence-corrected chi connectivity index (χ4v) is 2.56. The SMILES string of the molecule is COc1ccc(C(=O)NCC2CCN(CC(F)(F)F)C2)cc1. The summed E-state index contributed by atoms with van der Waals surface area (Å²) in [6, 6.07) is 6.68. The van der Waals surface area contributed by atoms with Crippen LogP contribution in [0.4, 0.5) is 13.2 Å². The van der Waals surface area contributed by atoms with Crippen molar-refractivity contribution < 1.29 is 22.7 Å². The van der Waals surface area contributed by atoms with Crippen molar-refractivity contribution in [2.75, 3.05) is 33.3 Å². The van der Waals surface area contributed by atoms with E-state index in [1.54, 1.807) is 31.4 Å². The first kappa shape index (κ1) is 16.6. The molecule has 1 aromatic carbocycles. The summed E-state index contributed by atoms with van der Waals surface area (Å²) in [5.41, 5.74) is 0.506. The molecule has 1 aliphatic rings. The number of carbonyl (C=O) groups is 1. The van der Waals surface area contributed by atoms with Crippen LogP contribution in [0.3, 0.4) is 0 Å². The van der Waals surface area contributed by atoms with Crippen LogP contribution in [0.1, 0.15) is 16.8 Å². The Kier molecular flexibility index (Phi) is 5.28. The van der Waals surface area contributed by atoms with Crippen molar-refractivity contribution in [3.8, 4) is 5.75 Å². The minimum Gasteiger partial charge on any atom is -0.497 e. The van der Waals surface area contributed by atoms with E-state index in [0.29, 0.717) is 37.4 Å². The van der Waals surface area contributed by atoms with Crippen LogP contribution in [-0.2, 0) is 0 Å². The highest BCUT2D eigenvalue weighted by Gasteiger charge is 2.34. The molecule has 122 valence electrons. The number of methoxy groups -OCH3 is 1. The maximum Gasteiger partial charge on any atom is 0.401 e. The number of ether oxygens (including phenoxy) is 1. The quantitative estimate of drug-likeness (QED) is 0.906. The highest BCUT2D eigenvalue weighted by molar-refractivity contribution is 5.94. The number of nitrogens with one attached hydrogen (secondary N) is 1. The molecule has 7 heteroatoms. The second-order valence-corrected chi connectivity index (χ2v) is 5.44. The number of nitrogens with zero attached hydrogens (tertiary/aromatic N) is 1. The van der Waals surface area contributed by atoms with E-state index in [4.69, 9.17) is 4.74 Å². The second-order valence-electron chi connectivity index (χ2n) is 5.44. The molecular formula is C15H19F3N2O2. The van der Waals surface area contributed by atoms with E-state index in [0.717, 1.165) is 0 Å². The summed E-state index contributed by atoms with van der Waals surface area (Å²) in [5, 5.41) is 2.77. The van der Waals surface area contributed by atoms with Gasteiger partial charge in [0.05, 0.1) is 13.7 Å². The largest absolute Gasteiger partial charge is 0.497 e. The van der Waals surface area contributed by atoms with Gasteiger partial charge in [-0.1, -0.05) is 0 Å². The maximum atomic E-state index is 12.3. The fraction of sp³-hybridized carbons (Fsp3) is 0.533. The van der Waals surface area contributed by atoms with Crippen molar-refractivity contribution >= 4 is 5.91 Å². The van der Waals surface area contributed by atoms with E-state index in [1.807, 2.05) is 0 Å². The van der Waals surface area contributed by atoms with E-state index >= 15 is 0 Å². The van der Waals surface area contributed by atoms with Gasteiger partial charge in [-0.3, -0.25) is 9.69 Å². The van der Waals surface area contributed by atoms with E-state index in [-0.39, 0.29) is 11.8 Å². The van der Waals surface area contributed by atoms with Gasteiger partial charge in [0.1, 0.15) is 5.75 Å². The summed E-state index contributed by atoms with van der Waals surface area (Å²) < 4.78 is 41.9. The number of rotatable bonds is 5. The number of halogens is 3. The van der Waals surface area contributed by atoms with Crippen LogP contribution in [0.15, 0.2) is 24.3 Å². The van der Waals surface area contributed by atoms with E-state index < -0.39 is 12.7 Å². The third kappa shape index (κ3) is 4.91. The van der Waals surface area contributed by atoms with Crippen molar-refractivity contribution in [1.82, 2.24) is 10.2 Å². The Balaban J connectivity index is 1.77. The summed E-state index contributed by atoms with van der Waals surface area (Å²) in [7, 11) is 1.54. The lowest BCUT2D eigenvalue weighted by molar-refractivity contribution is -0.143. The zero-order valence-corrected chi connectivity index (χ0v) is 12.3. The zero-order valence-electron chi connectivity index (χ0n) is 12.3.